The van der Waals surface area contributed by atoms with Gasteiger partial charge in [0.25, 0.3) is 5.19 Å². The van der Waals surface area contributed by atoms with Crippen molar-refractivity contribution >= 4 is 33.2 Å². The molecule has 0 saturated carbocycles. The maximum absolute atomic E-state index is 12.9. The van der Waals surface area contributed by atoms with E-state index in [2.05, 4.69) is 20.9 Å². The van der Waals surface area contributed by atoms with Crippen LogP contribution in [0, 0.1) is 5.82 Å². The zero-order valence-corrected chi connectivity index (χ0v) is 10.6. The average Bonchev–Trinajstić information content (AvgIpc) is 2.66. The Morgan fingerprint density at radius 2 is 2.29 bits per heavy atom. The molecule has 0 saturated heterocycles. The van der Waals surface area contributed by atoms with Crippen LogP contribution in [-0.4, -0.2) is 16.1 Å². The molecule has 1 heterocycles. The molecule has 0 aliphatic rings. The van der Waals surface area contributed by atoms with E-state index in [-0.39, 0.29) is 16.5 Å². The standard InChI is InChI=1S/C10H5BrFNO3S/c11-8-4-17-10(13-8)16-7-2-1-5(12)3-6(7)9(14)15/h1-4H,(H,14,15). The highest BCUT2D eigenvalue weighted by atomic mass is 79.9. The minimum absolute atomic E-state index is 0.0563. The number of carboxylic acid groups (broad SMARTS) is 1. The fourth-order valence-corrected chi connectivity index (χ4v) is 2.24. The molecule has 0 aliphatic heterocycles. The molecule has 2 rings (SSSR count). The van der Waals surface area contributed by atoms with Gasteiger partial charge in [-0.1, -0.05) is 11.3 Å². The second kappa shape index (κ2) is 4.80. The van der Waals surface area contributed by atoms with Crippen LogP contribution in [0.2, 0.25) is 0 Å². The molecular formula is C10H5BrFNO3S. The Morgan fingerprint density at radius 1 is 1.53 bits per heavy atom. The van der Waals surface area contributed by atoms with Gasteiger partial charge in [-0.2, -0.15) is 4.98 Å². The average molecular weight is 318 g/mol. The van der Waals surface area contributed by atoms with Gasteiger partial charge < -0.3 is 9.84 Å². The first-order chi connectivity index (χ1) is 8.06. The lowest BCUT2D eigenvalue weighted by molar-refractivity contribution is 0.0693. The molecule has 0 atom stereocenters. The van der Waals surface area contributed by atoms with Crippen LogP contribution in [0.4, 0.5) is 4.39 Å². The number of benzene rings is 1. The number of halogens is 2. The molecule has 0 fully saturated rings. The summed E-state index contributed by atoms with van der Waals surface area (Å²) in [4.78, 5) is 14.9. The van der Waals surface area contributed by atoms with E-state index in [1.165, 1.54) is 17.4 Å². The second-order valence-electron chi connectivity index (χ2n) is 2.98. The van der Waals surface area contributed by atoms with Crippen molar-refractivity contribution in [2.45, 2.75) is 0 Å². The third kappa shape index (κ3) is 2.80. The van der Waals surface area contributed by atoms with Crippen molar-refractivity contribution in [1.82, 2.24) is 4.98 Å². The zero-order valence-electron chi connectivity index (χ0n) is 8.18. The topological polar surface area (TPSA) is 59.4 Å². The minimum Gasteiger partial charge on any atom is -0.478 e. The van der Waals surface area contributed by atoms with Crippen LogP contribution in [0.15, 0.2) is 28.2 Å². The number of thiazole rings is 1. The number of aromatic nitrogens is 1. The van der Waals surface area contributed by atoms with Gasteiger partial charge in [0.1, 0.15) is 21.7 Å². The predicted molar refractivity (Wildman–Crippen MR) is 63.2 cm³/mol. The Hall–Kier alpha value is -1.47. The first-order valence-electron chi connectivity index (χ1n) is 4.38. The van der Waals surface area contributed by atoms with Crippen molar-refractivity contribution in [1.29, 1.82) is 0 Å². The third-order valence-electron chi connectivity index (χ3n) is 1.82. The summed E-state index contributed by atoms with van der Waals surface area (Å²) in [6.45, 7) is 0. The summed E-state index contributed by atoms with van der Waals surface area (Å²) in [5.41, 5.74) is -0.240. The maximum Gasteiger partial charge on any atom is 0.339 e. The lowest BCUT2D eigenvalue weighted by Gasteiger charge is -2.05. The highest BCUT2D eigenvalue weighted by Gasteiger charge is 2.14. The van der Waals surface area contributed by atoms with E-state index in [0.29, 0.717) is 4.60 Å². The fraction of sp³-hybridized carbons (Fsp3) is 0. The summed E-state index contributed by atoms with van der Waals surface area (Å²) in [5, 5.41) is 10.9. The fourth-order valence-electron chi connectivity index (χ4n) is 1.14. The molecule has 0 amide bonds. The van der Waals surface area contributed by atoms with Crippen LogP contribution in [0.25, 0.3) is 0 Å². The van der Waals surface area contributed by atoms with Gasteiger partial charge in [-0.15, -0.1) is 0 Å². The summed E-state index contributed by atoms with van der Waals surface area (Å²) in [6, 6.07) is 3.29. The molecule has 88 valence electrons. The molecule has 17 heavy (non-hydrogen) atoms. The zero-order chi connectivity index (χ0) is 12.4. The van der Waals surface area contributed by atoms with Crippen LogP contribution < -0.4 is 4.74 Å². The number of hydrogen-bond donors (Lipinski definition) is 1. The largest absolute Gasteiger partial charge is 0.478 e. The van der Waals surface area contributed by atoms with Crippen molar-refractivity contribution < 1.29 is 19.0 Å². The Labute approximate surface area is 108 Å². The van der Waals surface area contributed by atoms with Crippen LogP contribution >= 0.6 is 27.3 Å². The molecular weight excluding hydrogens is 313 g/mol. The maximum atomic E-state index is 12.9. The van der Waals surface area contributed by atoms with E-state index in [4.69, 9.17) is 9.84 Å². The van der Waals surface area contributed by atoms with Crippen molar-refractivity contribution in [3.63, 3.8) is 0 Å². The molecule has 4 nitrogen and oxygen atoms in total. The molecule has 7 heteroatoms. The third-order valence-corrected chi connectivity index (χ3v) is 3.25. The normalized spacial score (nSPS) is 10.2. The van der Waals surface area contributed by atoms with Crippen LogP contribution in [-0.2, 0) is 0 Å². The number of rotatable bonds is 3. The van der Waals surface area contributed by atoms with Crippen molar-refractivity contribution in [2.24, 2.45) is 0 Å². The number of nitrogens with zero attached hydrogens (tertiary/aromatic N) is 1. The van der Waals surface area contributed by atoms with Gasteiger partial charge in [-0.05, 0) is 34.1 Å². The number of hydrogen-bond acceptors (Lipinski definition) is 4. The number of ether oxygens (including phenoxy) is 1. The molecule has 1 N–H and O–H groups in total. The van der Waals surface area contributed by atoms with E-state index in [1.54, 1.807) is 5.38 Å². The van der Waals surface area contributed by atoms with Gasteiger partial charge in [-0.3, -0.25) is 0 Å². The van der Waals surface area contributed by atoms with Crippen molar-refractivity contribution in [3.05, 3.63) is 39.6 Å². The Morgan fingerprint density at radius 3 is 2.88 bits per heavy atom. The summed E-state index contributed by atoms with van der Waals surface area (Å²) < 4.78 is 18.8. The summed E-state index contributed by atoms with van der Waals surface area (Å²) in [6.07, 6.45) is 0. The Kier molecular flexibility index (Phi) is 3.39. The molecule has 1 aromatic carbocycles. The van der Waals surface area contributed by atoms with Gasteiger partial charge in [0.05, 0.1) is 0 Å². The first-order valence-corrected chi connectivity index (χ1v) is 6.05. The van der Waals surface area contributed by atoms with E-state index in [0.717, 1.165) is 12.1 Å². The highest BCUT2D eigenvalue weighted by molar-refractivity contribution is 9.10. The summed E-state index contributed by atoms with van der Waals surface area (Å²) in [7, 11) is 0. The Balaban J connectivity index is 2.35. The van der Waals surface area contributed by atoms with Gasteiger partial charge in [0, 0.05) is 5.38 Å². The van der Waals surface area contributed by atoms with Crippen LogP contribution in [0.3, 0.4) is 0 Å². The number of aromatic carboxylic acids is 1. The van der Waals surface area contributed by atoms with Crippen LogP contribution in [0.1, 0.15) is 10.4 Å². The predicted octanol–water partition coefficient (Wildman–Crippen LogP) is 3.54. The van der Waals surface area contributed by atoms with E-state index >= 15 is 0 Å². The summed E-state index contributed by atoms with van der Waals surface area (Å²) >= 11 is 4.35. The minimum atomic E-state index is -1.25. The van der Waals surface area contributed by atoms with Crippen molar-refractivity contribution in [3.8, 4) is 10.9 Å². The molecule has 0 aliphatic carbocycles. The lowest BCUT2D eigenvalue weighted by Crippen LogP contribution is -2.00. The molecule has 1 aromatic heterocycles. The smallest absolute Gasteiger partial charge is 0.339 e. The van der Waals surface area contributed by atoms with E-state index in [9.17, 15) is 9.18 Å². The monoisotopic (exact) mass is 317 g/mol. The summed E-state index contributed by atoms with van der Waals surface area (Å²) in [5.74, 6) is -1.83. The van der Waals surface area contributed by atoms with Gasteiger partial charge in [-0.25, -0.2) is 9.18 Å². The van der Waals surface area contributed by atoms with Gasteiger partial charge >= 0.3 is 5.97 Å². The molecule has 0 radical (unpaired) electrons. The number of carbonyl (C=O) groups is 1. The van der Waals surface area contributed by atoms with E-state index < -0.39 is 11.8 Å². The Bertz CT molecular complexity index is 572. The SMILES string of the molecule is O=C(O)c1cc(F)ccc1Oc1nc(Br)cs1. The van der Waals surface area contributed by atoms with Crippen molar-refractivity contribution in [2.75, 3.05) is 0 Å². The first kappa shape index (κ1) is 12.0. The quantitative estimate of drug-likeness (QED) is 0.940. The highest BCUT2D eigenvalue weighted by Crippen LogP contribution is 2.29. The van der Waals surface area contributed by atoms with E-state index in [1.807, 2.05) is 0 Å². The molecule has 0 bridgehead atoms. The second-order valence-corrected chi connectivity index (χ2v) is 4.62. The van der Waals surface area contributed by atoms with Gasteiger partial charge in [0.15, 0.2) is 0 Å². The molecule has 0 spiro atoms. The molecule has 0 unspecified atom stereocenters. The lowest BCUT2D eigenvalue weighted by atomic mass is 10.2. The van der Waals surface area contributed by atoms with Gasteiger partial charge in [0.2, 0.25) is 0 Å². The van der Waals surface area contributed by atoms with Crippen LogP contribution in [0.5, 0.6) is 10.9 Å². The molecule has 2 aromatic rings. The number of carboxylic acids is 1.